The van der Waals surface area contributed by atoms with Crippen LogP contribution < -0.4 is 11.1 Å². The molecule has 0 radical (unpaired) electrons. The first kappa shape index (κ1) is 19.2. The van der Waals surface area contributed by atoms with E-state index in [-0.39, 0.29) is 24.4 Å². The number of amides is 1. The molecule has 1 heterocycles. The van der Waals surface area contributed by atoms with E-state index in [1.807, 2.05) is 12.1 Å². The number of benzene rings is 2. The number of hydrogen-bond donors (Lipinski definition) is 4. The summed E-state index contributed by atoms with van der Waals surface area (Å²) in [6, 6.07) is 10.4. The summed E-state index contributed by atoms with van der Waals surface area (Å²) in [6.45, 7) is 0.428. The third-order valence-electron chi connectivity index (χ3n) is 4.21. The number of aryl methyl sites for hydroxylation is 1. The Bertz CT molecular complexity index is 1010. The second-order valence-electron chi connectivity index (χ2n) is 6.04. The Morgan fingerprint density at radius 3 is 2.48 bits per heavy atom. The molecule has 0 unspecified atom stereocenters. The number of H-pyrrole nitrogens is 1. The lowest BCUT2D eigenvalue weighted by atomic mass is 10.0. The zero-order valence-electron chi connectivity index (χ0n) is 14.2. The van der Waals surface area contributed by atoms with Gasteiger partial charge in [0.15, 0.2) is 0 Å². The number of halogens is 2. The van der Waals surface area contributed by atoms with Crippen molar-refractivity contribution in [2.45, 2.75) is 19.4 Å². The average Bonchev–Trinajstić information content (AvgIpc) is 2.99. The van der Waals surface area contributed by atoms with E-state index in [1.165, 1.54) is 0 Å². The second kappa shape index (κ2) is 8.00. The van der Waals surface area contributed by atoms with Gasteiger partial charge in [-0.25, -0.2) is 4.79 Å². The van der Waals surface area contributed by atoms with Crippen molar-refractivity contribution in [1.82, 2.24) is 4.98 Å². The third-order valence-corrected chi connectivity index (χ3v) is 4.72. The number of carbonyl (C=O) groups excluding carboxylic acids is 1. The molecule has 1 amide bonds. The van der Waals surface area contributed by atoms with Crippen LogP contribution in [0.5, 0.6) is 0 Å². The summed E-state index contributed by atoms with van der Waals surface area (Å²) >= 11 is 12.2. The first-order valence-electron chi connectivity index (χ1n) is 8.20. The fraction of sp³-hybridized carbons (Fsp3) is 0.158. The molecule has 5 N–H and O–H groups in total. The van der Waals surface area contributed by atoms with E-state index in [0.717, 1.165) is 5.56 Å². The molecule has 6 nitrogen and oxygen atoms in total. The van der Waals surface area contributed by atoms with E-state index in [9.17, 15) is 14.7 Å². The van der Waals surface area contributed by atoms with E-state index in [4.69, 9.17) is 28.9 Å². The number of carboxylic acid groups (broad SMARTS) is 1. The van der Waals surface area contributed by atoms with E-state index in [2.05, 4.69) is 10.3 Å². The number of fused-ring (bicyclic) bond motifs is 1. The quantitative estimate of drug-likeness (QED) is 0.492. The highest BCUT2D eigenvalue weighted by Crippen LogP contribution is 2.33. The lowest BCUT2D eigenvalue weighted by Gasteiger charge is -2.07. The molecule has 0 aliphatic rings. The summed E-state index contributed by atoms with van der Waals surface area (Å²) in [4.78, 5) is 26.7. The second-order valence-corrected chi connectivity index (χ2v) is 6.89. The first-order chi connectivity index (χ1) is 12.9. The fourth-order valence-electron chi connectivity index (χ4n) is 2.93. The minimum Gasteiger partial charge on any atom is -0.477 e. The van der Waals surface area contributed by atoms with Crippen LogP contribution in [-0.2, 0) is 17.8 Å². The number of carboxylic acids is 1. The standard InChI is InChI=1S/C19H17Cl2N3O3/c20-11-7-14(21)17-13(18(19(26)27)24-15(17)8-11)5-6-16(25)23-12-3-1-10(9-22)2-4-12/h1-4,7-8,24H,5-6,9,22H2,(H,23,25)(H,26,27). The molecule has 140 valence electrons. The summed E-state index contributed by atoms with van der Waals surface area (Å²) in [5.74, 6) is -1.35. The topological polar surface area (TPSA) is 108 Å². The zero-order valence-corrected chi connectivity index (χ0v) is 15.7. The molecule has 8 heteroatoms. The van der Waals surface area contributed by atoms with Crippen LogP contribution in [0.2, 0.25) is 10.0 Å². The highest BCUT2D eigenvalue weighted by Gasteiger charge is 2.20. The summed E-state index contributed by atoms with van der Waals surface area (Å²) in [5.41, 5.74) is 8.18. The summed E-state index contributed by atoms with van der Waals surface area (Å²) in [7, 11) is 0. The van der Waals surface area contributed by atoms with Crippen LogP contribution in [0.1, 0.15) is 28.0 Å². The molecule has 27 heavy (non-hydrogen) atoms. The number of anilines is 1. The molecule has 3 aromatic rings. The SMILES string of the molecule is NCc1ccc(NC(=O)CCc2c(C(=O)O)[nH]c3cc(Cl)cc(Cl)c23)cc1. The molecule has 0 fully saturated rings. The number of aromatic nitrogens is 1. The first-order valence-corrected chi connectivity index (χ1v) is 8.96. The minimum atomic E-state index is -1.12. The van der Waals surface area contributed by atoms with Crippen molar-refractivity contribution in [3.05, 3.63) is 63.3 Å². The molecule has 0 saturated carbocycles. The third kappa shape index (κ3) is 4.24. The molecule has 0 aliphatic heterocycles. The van der Waals surface area contributed by atoms with Gasteiger partial charge in [0.25, 0.3) is 0 Å². The van der Waals surface area contributed by atoms with Crippen molar-refractivity contribution in [3.8, 4) is 0 Å². The largest absolute Gasteiger partial charge is 0.477 e. The molecule has 2 aromatic carbocycles. The number of aromatic carboxylic acids is 1. The maximum Gasteiger partial charge on any atom is 0.352 e. The van der Waals surface area contributed by atoms with E-state index in [1.54, 1.807) is 24.3 Å². The highest BCUT2D eigenvalue weighted by molar-refractivity contribution is 6.39. The van der Waals surface area contributed by atoms with Crippen molar-refractivity contribution in [1.29, 1.82) is 0 Å². The minimum absolute atomic E-state index is 0.00858. The number of carbonyl (C=O) groups is 2. The monoisotopic (exact) mass is 405 g/mol. The van der Waals surface area contributed by atoms with Crippen molar-refractivity contribution in [3.63, 3.8) is 0 Å². The normalized spacial score (nSPS) is 10.9. The van der Waals surface area contributed by atoms with Gasteiger partial charge in [-0.3, -0.25) is 4.79 Å². The number of aromatic amines is 1. The Labute approximate surface area is 165 Å². The van der Waals surface area contributed by atoms with Crippen LogP contribution in [0.25, 0.3) is 10.9 Å². The Kier molecular flexibility index (Phi) is 5.70. The van der Waals surface area contributed by atoms with Crippen LogP contribution in [-0.4, -0.2) is 22.0 Å². The van der Waals surface area contributed by atoms with Gasteiger partial charge in [-0.15, -0.1) is 0 Å². The van der Waals surface area contributed by atoms with E-state index >= 15 is 0 Å². The highest BCUT2D eigenvalue weighted by atomic mass is 35.5. The smallest absolute Gasteiger partial charge is 0.352 e. The van der Waals surface area contributed by atoms with Crippen molar-refractivity contribution >= 4 is 51.7 Å². The Hall–Kier alpha value is -2.54. The zero-order chi connectivity index (χ0) is 19.6. The van der Waals surface area contributed by atoms with Gasteiger partial charge in [-0.1, -0.05) is 35.3 Å². The van der Waals surface area contributed by atoms with Gasteiger partial charge in [0.05, 0.1) is 5.02 Å². The number of nitrogens with two attached hydrogens (primary N) is 1. The van der Waals surface area contributed by atoms with E-state index in [0.29, 0.717) is 38.7 Å². The molecule has 1 aromatic heterocycles. The maximum absolute atomic E-state index is 12.3. The molecule has 0 saturated heterocycles. The van der Waals surface area contributed by atoms with Crippen molar-refractivity contribution < 1.29 is 14.7 Å². The Morgan fingerprint density at radius 1 is 1.15 bits per heavy atom. The van der Waals surface area contributed by atoms with Crippen LogP contribution in [0.4, 0.5) is 5.69 Å². The predicted octanol–water partition coefficient (Wildman–Crippen LogP) is 4.20. The maximum atomic E-state index is 12.3. The van der Waals surface area contributed by atoms with Gasteiger partial charge in [-0.05, 0) is 41.8 Å². The number of nitrogens with one attached hydrogen (secondary N) is 2. The van der Waals surface area contributed by atoms with Gasteiger partial charge in [0, 0.05) is 34.6 Å². The van der Waals surface area contributed by atoms with Gasteiger partial charge < -0.3 is 21.1 Å². The summed E-state index contributed by atoms with van der Waals surface area (Å²) < 4.78 is 0. The van der Waals surface area contributed by atoms with E-state index < -0.39 is 5.97 Å². The van der Waals surface area contributed by atoms with Crippen molar-refractivity contribution in [2.24, 2.45) is 5.73 Å². The summed E-state index contributed by atoms with van der Waals surface area (Å²) in [5, 5.41) is 13.6. The molecule has 0 bridgehead atoms. The lowest BCUT2D eigenvalue weighted by Crippen LogP contribution is -2.13. The molecule has 0 spiro atoms. The number of hydrogen-bond acceptors (Lipinski definition) is 3. The van der Waals surface area contributed by atoms with Crippen LogP contribution in [0.15, 0.2) is 36.4 Å². The number of rotatable bonds is 6. The lowest BCUT2D eigenvalue weighted by molar-refractivity contribution is -0.116. The predicted molar refractivity (Wildman–Crippen MR) is 107 cm³/mol. The Balaban J connectivity index is 1.80. The van der Waals surface area contributed by atoms with Gasteiger partial charge >= 0.3 is 5.97 Å². The van der Waals surface area contributed by atoms with Crippen LogP contribution in [0.3, 0.4) is 0 Å². The van der Waals surface area contributed by atoms with Gasteiger partial charge in [-0.2, -0.15) is 0 Å². The molecule has 0 aliphatic carbocycles. The van der Waals surface area contributed by atoms with Gasteiger partial charge in [0.2, 0.25) is 5.91 Å². The van der Waals surface area contributed by atoms with Crippen molar-refractivity contribution in [2.75, 3.05) is 5.32 Å². The van der Waals surface area contributed by atoms with Crippen LogP contribution in [0, 0.1) is 0 Å². The molecular weight excluding hydrogens is 389 g/mol. The molecule has 0 atom stereocenters. The van der Waals surface area contributed by atoms with Crippen LogP contribution >= 0.6 is 23.2 Å². The molecular formula is C19H17Cl2N3O3. The average molecular weight is 406 g/mol. The fourth-order valence-corrected chi connectivity index (χ4v) is 3.54. The molecule has 3 rings (SSSR count). The Morgan fingerprint density at radius 2 is 1.85 bits per heavy atom. The van der Waals surface area contributed by atoms with Gasteiger partial charge in [0.1, 0.15) is 5.69 Å². The summed E-state index contributed by atoms with van der Waals surface area (Å²) in [6.07, 6.45) is 0.320.